The van der Waals surface area contributed by atoms with Gasteiger partial charge in [-0.05, 0) is 18.9 Å². The van der Waals surface area contributed by atoms with Gasteiger partial charge in [-0.15, -0.1) is 12.4 Å². The number of nitrogens with one attached hydrogen (secondary N) is 1. The predicted molar refractivity (Wildman–Crippen MR) is 45.8 cm³/mol. The van der Waals surface area contributed by atoms with E-state index in [1.54, 1.807) is 0 Å². The van der Waals surface area contributed by atoms with Gasteiger partial charge in [0, 0.05) is 6.04 Å². The maximum absolute atomic E-state index is 11.1. The Balaban J connectivity index is 0.000000605. The van der Waals surface area contributed by atoms with Crippen molar-refractivity contribution in [3.05, 3.63) is 0 Å². The highest BCUT2D eigenvalue weighted by Crippen LogP contribution is 2.23. The summed E-state index contributed by atoms with van der Waals surface area (Å²) in [6, 6.07) is 0.267. The van der Waals surface area contributed by atoms with Crippen LogP contribution in [0.25, 0.3) is 0 Å². The summed E-state index contributed by atoms with van der Waals surface area (Å²) in [6.45, 7) is 0.907. The number of hydrogen-bond acceptors (Lipinski definition) is 3. The highest BCUT2D eigenvalue weighted by Gasteiger charge is 2.36. The molecular weight excluding hydrogens is 186 g/mol. The molecule has 1 N–H and O–H groups in total. The van der Waals surface area contributed by atoms with Gasteiger partial charge in [0.05, 0.1) is 11.5 Å². The monoisotopic (exact) mass is 197 g/mol. The van der Waals surface area contributed by atoms with Crippen LogP contribution < -0.4 is 5.32 Å². The molecule has 2 unspecified atom stereocenters. The fraction of sp³-hybridized carbons (Fsp3) is 1.00. The molecule has 2 bridgehead atoms. The van der Waals surface area contributed by atoms with Gasteiger partial charge in [-0.2, -0.15) is 0 Å². The van der Waals surface area contributed by atoms with Crippen molar-refractivity contribution < 1.29 is 8.42 Å². The second kappa shape index (κ2) is 2.92. The van der Waals surface area contributed by atoms with Crippen LogP contribution in [0.5, 0.6) is 0 Å². The molecule has 0 amide bonds. The lowest BCUT2D eigenvalue weighted by Gasteiger charge is -2.16. The third kappa shape index (κ3) is 1.86. The van der Waals surface area contributed by atoms with Crippen LogP contribution in [-0.2, 0) is 9.84 Å². The number of rotatable bonds is 0. The van der Waals surface area contributed by atoms with Crippen molar-refractivity contribution >= 4 is 22.2 Å². The molecule has 3 nitrogen and oxygen atoms in total. The van der Waals surface area contributed by atoms with E-state index in [0.29, 0.717) is 17.4 Å². The molecule has 0 saturated carbocycles. The Morgan fingerprint density at radius 3 is 2.64 bits per heavy atom. The van der Waals surface area contributed by atoms with Gasteiger partial charge in [-0.1, -0.05) is 0 Å². The van der Waals surface area contributed by atoms with Crippen LogP contribution in [0.15, 0.2) is 0 Å². The molecule has 2 atom stereocenters. The summed E-state index contributed by atoms with van der Waals surface area (Å²) < 4.78 is 22.1. The quantitative estimate of drug-likeness (QED) is 0.586. The van der Waals surface area contributed by atoms with Crippen LogP contribution in [0.3, 0.4) is 0 Å². The lowest BCUT2D eigenvalue weighted by Crippen LogP contribution is -2.32. The minimum absolute atomic E-state index is 0. The molecular formula is C6H12ClNO2S. The summed E-state index contributed by atoms with van der Waals surface area (Å²) in [7, 11) is -2.68. The molecule has 11 heavy (non-hydrogen) atoms. The van der Waals surface area contributed by atoms with E-state index >= 15 is 0 Å². The van der Waals surface area contributed by atoms with Gasteiger partial charge in [-0.3, -0.25) is 0 Å². The third-order valence-electron chi connectivity index (χ3n) is 2.26. The van der Waals surface area contributed by atoms with Gasteiger partial charge in [-0.25, -0.2) is 8.42 Å². The highest BCUT2D eigenvalue weighted by atomic mass is 35.5. The van der Waals surface area contributed by atoms with Crippen molar-refractivity contribution in [3.63, 3.8) is 0 Å². The van der Waals surface area contributed by atoms with Crippen molar-refractivity contribution in [2.45, 2.75) is 12.5 Å². The van der Waals surface area contributed by atoms with Crippen molar-refractivity contribution in [1.82, 2.24) is 5.32 Å². The summed E-state index contributed by atoms with van der Waals surface area (Å²) in [6.07, 6.45) is 1.07. The van der Waals surface area contributed by atoms with Crippen LogP contribution in [0.4, 0.5) is 0 Å². The van der Waals surface area contributed by atoms with Crippen molar-refractivity contribution in [1.29, 1.82) is 0 Å². The molecule has 2 heterocycles. The van der Waals surface area contributed by atoms with E-state index in [4.69, 9.17) is 0 Å². The van der Waals surface area contributed by atoms with Crippen LogP contribution in [0.1, 0.15) is 6.42 Å². The van der Waals surface area contributed by atoms with E-state index in [1.165, 1.54) is 0 Å². The van der Waals surface area contributed by atoms with Gasteiger partial charge in [0.1, 0.15) is 0 Å². The normalized spacial score (nSPS) is 39.6. The van der Waals surface area contributed by atoms with E-state index in [9.17, 15) is 8.42 Å². The van der Waals surface area contributed by atoms with Crippen LogP contribution in [0, 0.1) is 5.92 Å². The average molecular weight is 198 g/mol. The van der Waals surface area contributed by atoms with Crippen molar-refractivity contribution in [2.24, 2.45) is 5.92 Å². The lowest BCUT2D eigenvalue weighted by atomic mass is 10.1. The zero-order valence-electron chi connectivity index (χ0n) is 6.12. The Bertz CT molecular complexity index is 221. The summed E-state index contributed by atoms with van der Waals surface area (Å²) in [5.74, 6) is 1.18. The van der Waals surface area contributed by atoms with Crippen molar-refractivity contribution in [2.75, 3.05) is 18.1 Å². The zero-order chi connectivity index (χ0) is 7.19. The Morgan fingerprint density at radius 2 is 2.00 bits per heavy atom. The maximum Gasteiger partial charge on any atom is 0.152 e. The Morgan fingerprint density at radius 1 is 1.27 bits per heavy atom. The molecule has 2 rings (SSSR count). The third-order valence-corrected chi connectivity index (χ3v) is 4.15. The van der Waals surface area contributed by atoms with E-state index in [2.05, 4.69) is 5.32 Å². The van der Waals surface area contributed by atoms with E-state index in [1.807, 2.05) is 0 Å². The number of fused-ring (bicyclic) bond motifs is 2. The first-order valence-electron chi connectivity index (χ1n) is 3.59. The number of hydrogen-bond donors (Lipinski definition) is 1. The SMILES string of the molecule is Cl.O=S1(=O)CC2CNC(C2)C1. The molecule has 2 aliphatic rings. The standard InChI is InChI=1S/C6H11NO2S.ClH/c8-10(9)3-5-1-6(4-10)7-2-5;/h5-7H,1-4H2;1H. The first kappa shape index (κ1) is 9.29. The second-order valence-electron chi connectivity index (χ2n) is 3.28. The summed E-state index contributed by atoms with van der Waals surface area (Å²) in [4.78, 5) is 0. The van der Waals surface area contributed by atoms with Gasteiger partial charge >= 0.3 is 0 Å². The molecule has 2 fully saturated rings. The van der Waals surface area contributed by atoms with Crippen LogP contribution in [0.2, 0.25) is 0 Å². The fourth-order valence-corrected chi connectivity index (χ4v) is 3.87. The Labute approximate surface area is 72.9 Å². The molecule has 0 aromatic rings. The average Bonchev–Trinajstić information content (AvgIpc) is 2.08. The second-order valence-corrected chi connectivity index (χ2v) is 5.44. The maximum atomic E-state index is 11.1. The molecule has 2 aliphatic heterocycles. The number of halogens is 1. The van der Waals surface area contributed by atoms with E-state index in [-0.39, 0.29) is 18.4 Å². The molecule has 0 spiro atoms. The molecule has 2 saturated heterocycles. The minimum atomic E-state index is -2.68. The largest absolute Gasteiger partial charge is 0.313 e. The van der Waals surface area contributed by atoms with Gasteiger partial charge in [0.2, 0.25) is 0 Å². The summed E-state index contributed by atoms with van der Waals surface area (Å²) in [5.41, 5.74) is 0. The van der Waals surface area contributed by atoms with Gasteiger partial charge in [0.25, 0.3) is 0 Å². The highest BCUT2D eigenvalue weighted by molar-refractivity contribution is 7.91. The summed E-state index contributed by atoms with van der Waals surface area (Å²) in [5, 5.41) is 3.19. The van der Waals surface area contributed by atoms with Crippen molar-refractivity contribution in [3.8, 4) is 0 Å². The van der Waals surface area contributed by atoms with Crippen LogP contribution >= 0.6 is 12.4 Å². The Kier molecular flexibility index (Phi) is 2.46. The topological polar surface area (TPSA) is 46.2 Å². The fourth-order valence-electron chi connectivity index (χ4n) is 1.89. The molecule has 0 aromatic heterocycles. The van der Waals surface area contributed by atoms with E-state index < -0.39 is 9.84 Å². The zero-order valence-corrected chi connectivity index (χ0v) is 7.75. The molecule has 0 aromatic carbocycles. The molecule has 0 radical (unpaired) electrons. The summed E-state index contributed by atoms with van der Waals surface area (Å²) >= 11 is 0. The Hall–Kier alpha value is 0.200. The van der Waals surface area contributed by atoms with Gasteiger partial charge in [0.15, 0.2) is 9.84 Å². The lowest BCUT2D eigenvalue weighted by molar-refractivity contribution is 0.537. The molecule has 66 valence electrons. The van der Waals surface area contributed by atoms with E-state index in [0.717, 1.165) is 13.0 Å². The van der Waals surface area contributed by atoms with Gasteiger partial charge < -0.3 is 5.32 Å². The first-order chi connectivity index (χ1) is 4.66. The smallest absolute Gasteiger partial charge is 0.152 e. The molecule has 0 aliphatic carbocycles. The minimum Gasteiger partial charge on any atom is -0.313 e. The predicted octanol–water partition coefficient (Wildman–Crippen LogP) is -0.185. The first-order valence-corrected chi connectivity index (χ1v) is 5.42. The van der Waals surface area contributed by atoms with Crippen LogP contribution in [-0.4, -0.2) is 32.5 Å². The molecule has 5 heteroatoms. The number of sulfone groups is 1.